The van der Waals surface area contributed by atoms with E-state index in [-0.39, 0.29) is 11.6 Å². The molecule has 0 saturated carbocycles. The number of thiazole rings is 1. The molecule has 0 unspecified atom stereocenters. The number of benzene rings is 1. The average Bonchev–Trinajstić information content (AvgIpc) is 3.50. The van der Waals surface area contributed by atoms with E-state index in [9.17, 15) is 4.79 Å². The van der Waals surface area contributed by atoms with Crippen LogP contribution in [0.2, 0.25) is 0 Å². The highest BCUT2D eigenvalue weighted by molar-refractivity contribution is 7.16. The van der Waals surface area contributed by atoms with Crippen LogP contribution in [-0.2, 0) is 0 Å². The first-order chi connectivity index (χ1) is 17.4. The Morgan fingerprint density at radius 3 is 2.83 bits per heavy atom. The van der Waals surface area contributed by atoms with E-state index in [4.69, 9.17) is 0 Å². The standard InChI is InChI=1S/C27H31N7OS/c1-27(2)16-32(3)12-13-34(27)26(35)33-10-7-18(8-11-33)23-15-20-21(6-9-28-25(20)31-23)30-19-4-5-22-24(14-19)36-17-29-22/h4-7,9,14-15,17H,8,10-13,16H2,1-3H3,(H2,28,30,31). The van der Waals surface area contributed by atoms with Crippen molar-refractivity contribution in [1.29, 1.82) is 0 Å². The number of amides is 2. The smallest absolute Gasteiger partial charge is 0.320 e. The van der Waals surface area contributed by atoms with Crippen molar-refractivity contribution in [1.82, 2.24) is 29.7 Å². The van der Waals surface area contributed by atoms with Crippen molar-refractivity contribution in [2.24, 2.45) is 0 Å². The molecule has 1 fully saturated rings. The average molecular weight is 502 g/mol. The number of aromatic amines is 1. The summed E-state index contributed by atoms with van der Waals surface area (Å²) in [5, 5.41) is 4.60. The molecule has 3 aromatic heterocycles. The predicted octanol–water partition coefficient (Wildman–Crippen LogP) is 5.15. The SMILES string of the molecule is CN1CCN(C(=O)N2CC=C(c3cc4c(Nc5ccc6ncsc6c5)ccnc4[nH]3)CC2)C(C)(C)C1. The number of carbonyl (C=O) groups excluding carboxylic acids is 1. The van der Waals surface area contributed by atoms with Crippen LogP contribution in [0.4, 0.5) is 16.2 Å². The fourth-order valence-corrected chi connectivity index (χ4v) is 6.12. The van der Waals surface area contributed by atoms with Crippen molar-refractivity contribution in [3.05, 3.63) is 53.8 Å². The summed E-state index contributed by atoms with van der Waals surface area (Å²) in [5.41, 5.74) is 7.91. The van der Waals surface area contributed by atoms with E-state index in [1.165, 1.54) is 5.57 Å². The molecule has 0 radical (unpaired) electrons. The van der Waals surface area contributed by atoms with Gasteiger partial charge in [-0.3, -0.25) is 0 Å². The zero-order valence-corrected chi connectivity index (χ0v) is 21.7. The molecule has 9 heteroatoms. The van der Waals surface area contributed by atoms with Crippen LogP contribution in [0.25, 0.3) is 26.8 Å². The molecule has 0 atom stereocenters. The third-order valence-electron chi connectivity index (χ3n) is 7.29. The van der Waals surface area contributed by atoms with Crippen molar-refractivity contribution in [2.45, 2.75) is 25.8 Å². The number of fused-ring (bicyclic) bond motifs is 2. The second kappa shape index (κ2) is 8.90. The molecule has 2 aliphatic rings. The van der Waals surface area contributed by atoms with Crippen LogP contribution in [0.3, 0.4) is 0 Å². The van der Waals surface area contributed by atoms with E-state index >= 15 is 0 Å². The van der Waals surface area contributed by atoms with Crippen LogP contribution < -0.4 is 5.32 Å². The molecule has 2 amide bonds. The number of carbonyl (C=O) groups is 1. The molecular formula is C27H31N7OS. The number of piperazine rings is 1. The van der Waals surface area contributed by atoms with Crippen LogP contribution in [0.15, 0.2) is 48.1 Å². The second-order valence-electron chi connectivity index (χ2n) is 10.4. The Morgan fingerprint density at radius 1 is 1.14 bits per heavy atom. The lowest BCUT2D eigenvalue weighted by atomic mass is 9.99. The molecule has 1 aromatic carbocycles. The van der Waals surface area contributed by atoms with Crippen LogP contribution in [0, 0.1) is 0 Å². The molecule has 1 saturated heterocycles. The summed E-state index contributed by atoms with van der Waals surface area (Å²) < 4.78 is 1.16. The van der Waals surface area contributed by atoms with Crippen molar-refractivity contribution in [2.75, 3.05) is 45.1 Å². The molecule has 36 heavy (non-hydrogen) atoms. The quantitative estimate of drug-likeness (QED) is 0.406. The van der Waals surface area contributed by atoms with Crippen LogP contribution >= 0.6 is 11.3 Å². The van der Waals surface area contributed by atoms with Gasteiger partial charge in [-0.05, 0) is 63.2 Å². The summed E-state index contributed by atoms with van der Waals surface area (Å²) in [5.74, 6) is 0. The summed E-state index contributed by atoms with van der Waals surface area (Å²) >= 11 is 1.64. The third-order valence-corrected chi connectivity index (χ3v) is 8.08. The minimum absolute atomic E-state index is 0.145. The van der Waals surface area contributed by atoms with Crippen molar-refractivity contribution >= 4 is 55.6 Å². The molecule has 2 N–H and O–H groups in total. The molecule has 6 rings (SSSR count). The monoisotopic (exact) mass is 501 g/mol. The van der Waals surface area contributed by atoms with E-state index < -0.39 is 0 Å². The number of H-pyrrole nitrogens is 1. The normalized spacial score (nSPS) is 18.6. The first-order valence-corrected chi connectivity index (χ1v) is 13.3. The maximum absolute atomic E-state index is 13.3. The molecule has 0 bridgehead atoms. The van der Waals surface area contributed by atoms with Gasteiger partial charge < -0.3 is 25.0 Å². The highest BCUT2D eigenvalue weighted by atomic mass is 32.1. The molecule has 5 heterocycles. The van der Waals surface area contributed by atoms with Gasteiger partial charge in [0, 0.05) is 55.7 Å². The van der Waals surface area contributed by atoms with Gasteiger partial charge in [-0.1, -0.05) is 6.08 Å². The van der Waals surface area contributed by atoms with Gasteiger partial charge in [0.05, 0.1) is 27.0 Å². The van der Waals surface area contributed by atoms with Crippen LogP contribution in [0.5, 0.6) is 0 Å². The number of aromatic nitrogens is 3. The van der Waals surface area contributed by atoms with Crippen LogP contribution in [-0.4, -0.2) is 81.0 Å². The number of pyridine rings is 1. The molecule has 0 aliphatic carbocycles. The molecule has 2 aliphatic heterocycles. The predicted molar refractivity (Wildman–Crippen MR) is 147 cm³/mol. The first-order valence-electron chi connectivity index (χ1n) is 12.4. The van der Waals surface area contributed by atoms with Crippen molar-refractivity contribution < 1.29 is 4.79 Å². The second-order valence-corrected chi connectivity index (χ2v) is 11.3. The highest BCUT2D eigenvalue weighted by Gasteiger charge is 2.37. The largest absolute Gasteiger partial charge is 0.355 e. The molecule has 8 nitrogen and oxygen atoms in total. The Balaban J connectivity index is 1.20. The lowest BCUT2D eigenvalue weighted by molar-refractivity contribution is 0.0436. The number of hydrogen-bond acceptors (Lipinski definition) is 6. The molecular weight excluding hydrogens is 470 g/mol. The number of nitrogens with zero attached hydrogens (tertiary/aromatic N) is 5. The third kappa shape index (κ3) is 4.22. The van der Waals surface area contributed by atoms with E-state index in [1.54, 1.807) is 11.3 Å². The van der Waals surface area contributed by atoms with E-state index in [0.717, 1.165) is 70.9 Å². The summed E-state index contributed by atoms with van der Waals surface area (Å²) in [6.45, 7) is 8.24. The topological polar surface area (TPSA) is 80.4 Å². The fourth-order valence-electron chi connectivity index (χ4n) is 5.41. The van der Waals surface area contributed by atoms with Gasteiger partial charge in [0.2, 0.25) is 0 Å². The van der Waals surface area contributed by atoms with E-state index in [2.05, 4.69) is 70.3 Å². The number of anilines is 2. The first kappa shape index (κ1) is 23.0. The van der Waals surface area contributed by atoms with Gasteiger partial charge in [-0.15, -0.1) is 11.3 Å². The van der Waals surface area contributed by atoms with Gasteiger partial charge in [0.1, 0.15) is 5.65 Å². The number of likely N-dealkylation sites (N-methyl/N-ethyl adjacent to an activating group) is 1. The Morgan fingerprint density at radius 2 is 2.03 bits per heavy atom. The van der Waals surface area contributed by atoms with Gasteiger partial charge in [-0.2, -0.15) is 0 Å². The maximum atomic E-state index is 13.3. The van der Waals surface area contributed by atoms with E-state index in [0.29, 0.717) is 6.54 Å². The molecule has 4 aromatic rings. The lowest BCUT2D eigenvalue weighted by Gasteiger charge is -2.47. The minimum atomic E-state index is -0.162. The summed E-state index contributed by atoms with van der Waals surface area (Å²) in [6.07, 6.45) is 4.82. The fraction of sp³-hybridized carbons (Fsp3) is 0.370. The number of rotatable bonds is 3. The molecule has 0 spiro atoms. The highest BCUT2D eigenvalue weighted by Crippen LogP contribution is 2.32. The summed E-state index contributed by atoms with van der Waals surface area (Å²) in [6, 6.07) is 10.5. The van der Waals surface area contributed by atoms with Gasteiger partial charge in [-0.25, -0.2) is 14.8 Å². The van der Waals surface area contributed by atoms with Crippen molar-refractivity contribution in [3.8, 4) is 0 Å². The lowest BCUT2D eigenvalue weighted by Crippen LogP contribution is -2.62. The van der Waals surface area contributed by atoms with E-state index in [1.807, 2.05) is 33.6 Å². The number of hydrogen-bond donors (Lipinski definition) is 2. The van der Waals surface area contributed by atoms with Gasteiger partial charge in [0.15, 0.2) is 0 Å². The zero-order valence-electron chi connectivity index (χ0n) is 20.9. The summed E-state index contributed by atoms with van der Waals surface area (Å²) in [7, 11) is 2.12. The Bertz CT molecular complexity index is 1470. The minimum Gasteiger partial charge on any atom is -0.355 e. The van der Waals surface area contributed by atoms with Gasteiger partial charge >= 0.3 is 6.03 Å². The Labute approximate surface area is 214 Å². The van der Waals surface area contributed by atoms with Gasteiger partial charge in [0.25, 0.3) is 0 Å². The number of urea groups is 1. The van der Waals surface area contributed by atoms with Crippen LogP contribution in [0.1, 0.15) is 26.0 Å². The maximum Gasteiger partial charge on any atom is 0.320 e. The Kier molecular flexibility index (Phi) is 5.69. The number of nitrogens with one attached hydrogen (secondary N) is 2. The van der Waals surface area contributed by atoms with Crippen molar-refractivity contribution in [3.63, 3.8) is 0 Å². The molecule has 186 valence electrons. The zero-order chi connectivity index (χ0) is 24.9. The summed E-state index contributed by atoms with van der Waals surface area (Å²) in [4.78, 5) is 32.0. The Hall–Kier alpha value is -3.43.